The topological polar surface area (TPSA) is 163 Å². The molecule has 1 saturated heterocycles. The highest BCUT2D eigenvalue weighted by Crippen LogP contribution is 2.40. The van der Waals surface area contributed by atoms with Crippen LogP contribution in [-0.4, -0.2) is 64.3 Å². The molecule has 0 radical (unpaired) electrons. The lowest BCUT2D eigenvalue weighted by Crippen LogP contribution is -2.71. The summed E-state index contributed by atoms with van der Waals surface area (Å²) in [5.41, 5.74) is 5.86. The highest BCUT2D eigenvalue weighted by atomic mass is 32.2. The number of carbonyl (C=O) groups excluding carboxylic acids is 3. The number of nitrogen functional groups attached to an aromatic ring is 1. The number of hydrogen-bond donors (Lipinski definition) is 2. The Bertz CT molecular complexity index is 1230. The number of hydrogen-bond acceptors (Lipinski definition) is 11. The Kier molecular flexibility index (Phi) is 7.21. The van der Waals surface area contributed by atoms with E-state index < -0.39 is 29.2 Å². The molecule has 2 atom stereocenters. The number of aromatic nitrogens is 2. The van der Waals surface area contributed by atoms with Crippen molar-refractivity contribution in [1.82, 2.24) is 15.2 Å². The second-order valence-corrected chi connectivity index (χ2v) is 9.45. The SMILES string of the molecule is CC[n+]1cccc(OCC2=C(C(=O)[O-])N3C(=O)[C@@H](NC(=O)/C(=N\OC)c4csc(N)n4)[C@H]3SC2)c1. The van der Waals surface area contributed by atoms with Gasteiger partial charge in [-0.1, -0.05) is 5.16 Å². The lowest BCUT2D eigenvalue weighted by atomic mass is 10.0. The maximum Gasteiger partial charge on any atom is 0.276 e. The van der Waals surface area contributed by atoms with Crippen molar-refractivity contribution < 1.29 is 33.6 Å². The van der Waals surface area contributed by atoms with E-state index in [2.05, 4.69) is 15.5 Å². The monoisotopic (exact) mass is 518 g/mol. The summed E-state index contributed by atoms with van der Waals surface area (Å²) < 4.78 is 7.69. The fourth-order valence-electron chi connectivity index (χ4n) is 3.64. The van der Waals surface area contributed by atoms with Crippen LogP contribution < -0.4 is 25.5 Å². The first-order chi connectivity index (χ1) is 16.8. The molecule has 0 aliphatic carbocycles. The Labute approximate surface area is 208 Å². The van der Waals surface area contributed by atoms with Gasteiger partial charge in [0.15, 0.2) is 22.8 Å². The quantitative estimate of drug-likeness (QED) is 0.181. The molecule has 35 heavy (non-hydrogen) atoms. The maximum absolute atomic E-state index is 12.9. The molecule has 12 nitrogen and oxygen atoms in total. The molecule has 0 bridgehead atoms. The molecule has 2 aliphatic rings. The standard InChI is InChI=1S/C21H22N6O6S2/c1-3-26-6-4-5-12(7-26)33-8-11-9-34-19-15(18(29)27(19)16(11)20(30)31)24-17(28)14(25-32-2)13-10-35-21(22)23-13/h4-7,10,15,19H,3,8-9H2,1-2H3,(H3-,22,23,24,28,30,31)/b25-14-/t15-,19-/m1/s1. The van der Waals surface area contributed by atoms with Gasteiger partial charge in [-0.3, -0.25) is 14.5 Å². The first-order valence-electron chi connectivity index (χ1n) is 10.5. The van der Waals surface area contributed by atoms with Crippen LogP contribution in [0, 0.1) is 0 Å². The van der Waals surface area contributed by atoms with Gasteiger partial charge in [0.1, 0.15) is 37.4 Å². The summed E-state index contributed by atoms with van der Waals surface area (Å²) in [6.45, 7) is 2.72. The van der Waals surface area contributed by atoms with Gasteiger partial charge in [0.2, 0.25) is 6.20 Å². The van der Waals surface area contributed by atoms with Crippen molar-refractivity contribution in [1.29, 1.82) is 0 Å². The highest BCUT2D eigenvalue weighted by Gasteiger charge is 2.53. The molecule has 2 aliphatic heterocycles. The van der Waals surface area contributed by atoms with Crippen molar-refractivity contribution in [2.45, 2.75) is 24.9 Å². The molecule has 2 amide bonds. The highest BCUT2D eigenvalue weighted by molar-refractivity contribution is 8.00. The minimum Gasteiger partial charge on any atom is -0.543 e. The molecule has 184 valence electrons. The van der Waals surface area contributed by atoms with Crippen molar-refractivity contribution in [3.05, 3.63) is 46.9 Å². The molecular formula is C21H22N6O6S2. The van der Waals surface area contributed by atoms with Gasteiger partial charge in [0.25, 0.3) is 11.8 Å². The summed E-state index contributed by atoms with van der Waals surface area (Å²) in [6, 6.07) is 2.63. The van der Waals surface area contributed by atoms with Crippen LogP contribution >= 0.6 is 23.1 Å². The first-order valence-corrected chi connectivity index (χ1v) is 12.4. The molecule has 4 rings (SSSR count). The number of aliphatic carboxylic acids is 1. The van der Waals surface area contributed by atoms with E-state index in [1.54, 1.807) is 12.3 Å². The van der Waals surface area contributed by atoms with Gasteiger partial charge in [-0.2, -0.15) is 0 Å². The van der Waals surface area contributed by atoms with Crippen molar-refractivity contribution in [2.24, 2.45) is 5.16 Å². The number of nitrogens with zero attached hydrogens (tertiary/aromatic N) is 4. The Balaban J connectivity index is 1.48. The number of β-lactam (4-membered cyclic amide) rings is 1. The first kappa shape index (κ1) is 24.5. The molecule has 14 heteroatoms. The minimum atomic E-state index is -1.48. The summed E-state index contributed by atoms with van der Waals surface area (Å²) >= 11 is 2.44. The molecule has 2 aromatic rings. The number of ether oxygens (including phenoxy) is 1. The average Bonchev–Trinajstić information content (AvgIpc) is 3.29. The predicted molar refractivity (Wildman–Crippen MR) is 125 cm³/mol. The second kappa shape index (κ2) is 10.3. The molecule has 3 N–H and O–H groups in total. The average molecular weight is 519 g/mol. The number of nitrogens with one attached hydrogen (secondary N) is 1. The lowest BCUT2D eigenvalue weighted by Gasteiger charge is -2.50. The number of aryl methyl sites for hydroxylation is 1. The van der Waals surface area contributed by atoms with Gasteiger partial charge < -0.3 is 30.5 Å². The Morgan fingerprint density at radius 2 is 2.26 bits per heavy atom. The van der Waals surface area contributed by atoms with Crippen LogP contribution in [-0.2, 0) is 25.8 Å². The van der Waals surface area contributed by atoms with Crippen LogP contribution in [0.3, 0.4) is 0 Å². The van der Waals surface area contributed by atoms with E-state index in [-0.39, 0.29) is 34.6 Å². The Morgan fingerprint density at radius 1 is 1.46 bits per heavy atom. The van der Waals surface area contributed by atoms with E-state index in [0.717, 1.165) is 22.8 Å². The number of nitrogens with two attached hydrogens (primary N) is 1. The number of anilines is 1. The molecule has 0 unspecified atom stereocenters. The van der Waals surface area contributed by atoms with Crippen molar-refractivity contribution in [3.63, 3.8) is 0 Å². The number of carboxylic acid groups (broad SMARTS) is 1. The number of thioether (sulfide) groups is 1. The van der Waals surface area contributed by atoms with Crippen LogP contribution in [0.5, 0.6) is 5.75 Å². The molecule has 0 saturated carbocycles. The zero-order valence-corrected chi connectivity index (χ0v) is 20.4. The van der Waals surface area contributed by atoms with E-state index in [9.17, 15) is 19.5 Å². The van der Waals surface area contributed by atoms with Crippen LogP contribution in [0.15, 0.2) is 46.3 Å². The van der Waals surface area contributed by atoms with Gasteiger partial charge in [-0.15, -0.1) is 23.1 Å². The van der Waals surface area contributed by atoms with Crippen molar-refractivity contribution >= 4 is 51.7 Å². The van der Waals surface area contributed by atoms with Gasteiger partial charge >= 0.3 is 0 Å². The number of pyridine rings is 1. The van der Waals surface area contributed by atoms with E-state index in [4.69, 9.17) is 15.3 Å². The lowest BCUT2D eigenvalue weighted by molar-refractivity contribution is -0.693. The summed E-state index contributed by atoms with van der Waals surface area (Å²) in [5.74, 6) is -1.91. The summed E-state index contributed by atoms with van der Waals surface area (Å²) in [4.78, 5) is 47.5. The number of carbonyl (C=O) groups is 3. The summed E-state index contributed by atoms with van der Waals surface area (Å²) in [5, 5.41) is 19.4. The normalized spacial score (nSPS) is 19.7. The van der Waals surface area contributed by atoms with Crippen LogP contribution in [0.25, 0.3) is 0 Å². The van der Waals surface area contributed by atoms with Crippen LogP contribution in [0.2, 0.25) is 0 Å². The molecule has 0 spiro atoms. The van der Waals surface area contributed by atoms with Gasteiger partial charge in [-0.05, 0) is 13.0 Å². The summed E-state index contributed by atoms with van der Waals surface area (Å²) in [7, 11) is 1.27. The molecule has 1 fully saturated rings. The van der Waals surface area contributed by atoms with Gasteiger partial charge in [0.05, 0.1) is 11.7 Å². The van der Waals surface area contributed by atoms with E-state index in [1.807, 2.05) is 23.8 Å². The summed E-state index contributed by atoms with van der Waals surface area (Å²) in [6.07, 6.45) is 3.69. The third-order valence-electron chi connectivity index (χ3n) is 5.30. The van der Waals surface area contributed by atoms with Gasteiger partial charge in [-0.25, -0.2) is 9.55 Å². The zero-order valence-electron chi connectivity index (χ0n) is 18.8. The Morgan fingerprint density at radius 3 is 2.91 bits per heavy atom. The number of oxime groups is 1. The van der Waals surface area contributed by atoms with E-state index >= 15 is 0 Å². The minimum absolute atomic E-state index is 0.0204. The van der Waals surface area contributed by atoms with Gasteiger partial charge in [0, 0.05) is 22.8 Å². The number of thiazole rings is 1. The van der Waals surface area contributed by atoms with Crippen molar-refractivity contribution in [2.75, 3.05) is 25.2 Å². The number of amides is 2. The van der Waals surface area contributed by atoms with E-state index in [1.165, 1.54) is 24.3 Å². The fourth-order valence-corrected chi connectivity index (χ4v) is 5.51. The molecule has 0 aromatic carbocycles. The second-order valence-electron chi connectivity index (χ2n) is 7.45. The fraction of sp³-hybridized carbons (Fsp3) is 0.333. The van der Waals surface area contributed by atoms with Crippen molar-refractivity contribution in [3.8, 4) is 5.75 Å². The predicted octanol–water partition coefficient (Wildman–Crippen LogP) is -1.13. The molecular weight excluding hydrogens is 496 g/mol. The largest absolute Gasteiger partial charge is 0.543 e. The Hall–Kier alpha value is -3.65. The number of fused-ring (bicyclic) bond motifs is 1. The van der Waals surface area contributed by atoms with Crippen LogP contribution in [0.4, 0.5) is 5.13 Å². The molecule has 4 heterocycles. The van der Waals surface area contributed by atoms with E-state index in [0.29, 0.717) is 11.3 Å². The maximum atomic E-state index is 12.9. The smallest absolute Gasteiger partial charge is 0.276 e. The molecule has 2 aromatic heterocycles. The van der Waals surface area contributed by atoms with Crippen LogP contribution in [0.1, 0.15) is 12.6 Å². The number of rotatable bonds is 9. The number of carboxylic acids is 1. The zero-order chi connectivity index (χ0) is 25.1. The third-order valence-corrected chi connectivity index (χ3v) is 7.31. The third kappa shape index (κ3) is 4.93.